The van der Waals surface area contributed by atoms with Crippen LogP contribution in [0.25, 0.3) is 21.8 Å². The summed E-state index contributed by atoms with van der Waals surface area (Å²) in [5, 5.41) is 1.68. The largest absolute Gasteiger partial charge is 0.350 e. The Morgan fingerprint density at radius 1 is 0.529 bits per heavy atom. The van der Waals surface area contributed by atoms with E-state index >= 15 is 0 Å². The van der Waals surface area contributed by atoms with Crippen molar-refractivity contribution in [3.05, 3.63) is 140 Å². The Kier molecular flexibility index (Phi) is 15.2. The molecule has 2 aliphatic rings. The normalized spacial score (nSPS) is 14.4. The molecule has 6 aromatic rings. The van der Waals surface area contributed by atoms with E-state index in [2.05, 4.69) is 0 Å². The Bertz CT molecular complexity index is 2710. The number of rotatable bonds is 10. The lowest BCUT2D eigenvalue weighted by Gasteiger charge is -2.32. The van der Waals surface area contributed by atoms with Crippen molar-refractivity contribution >= 4 is 80.2 Å². The monoisotopic (exact) mass is 966 g/mol. The van der Waals surface area contributed by atoms with Crippen LogP contribution in [0.1, 0.15) is 78.2 Å². The maximum atomic E-state index is 13.3. The van der Waals surface area contributed by atoms with Gasteiger partial charge in [-0.25, -0.2) is 8.78 Å². The van der Waals surface area contributed by atoms with E-state index in [0.717, 1.165) is 49.7 Å². The molecule has 4 aromatic carbocycles. The number of carbonyl (C=O) groups is 6. The Hall–Kier alpha value is -6.38. The van der Waals surface area contributed by atoms with Gasteiger partial charge >= 0.3 is 0 Å². The highest BCUT2D eigenvalue weighted by Crippen LogP contribution is 2.33. The van der Waals surface area contributed by atoms with Crippen LogP contribution in [-0.2, 0) is 36.5 Å². The summed E-state index contributed by atoms with van der Waals surface area (Å²) in [5.74, 6) is -2.53. The molecule has 12 nitrogen and oxygen atoms in total. The van der Waals surface area contributed by atoms with E-state index in [1.165, 1.54) is 62.3 Å². The first kappa shape index (κ1) is 49.5. The molecule has 356 valence electrons. The number of benzene rings is 4. The average Bonchev–Trinajstić information content (AvgIpc) is 3.82. The van der Waals surface area contributed by atoms with Gasteiger partial charge in [0.1, 0.15) is 11.6 Å². The number of piperidine rings is 2. The van der Waals surface area contributed by atoms with Crippen LogP contribution in [0.3, 0.4) is 0 Å². The summed E-state index contributed by atoms with van der Waals surface area (Å²) in [6.45, 7) is 2.38. The zero-order valence-electron chi connectivity index (χ0n) is 39.0. The summed E-state index contributed by atoms with van der Waals surface area (Å²) in [7, 11) is 9.63. The fourth-order valence-corrected chi connectivity index (χ4v) is 9.54. The van der Waals surface area contributed by atoms with E-state index < -0.39 is 23.4 Å². The molecule has 0 radical (unpaired) electrons. The SMILES string of the molecule is CN(C)C(=O)C(=O)c1cn(C)c2cc(Cl)c(C(=O)N3CCC(Cc4ccc(F)cc4)CC3)cc12.CN(C)C(=O)C(=O)c1cn(C)c2cc(Cl)c(C(=O)N3CCC(Cc4ccc(F)cc4)CC3)cc12. The Morgan fingerprint density at radius 2 is 0.853 bits per heavy atom. The number of nitrogens with zero attached hydrogens (tertiary/aromatic N) is 6. The van der Waals surface area contributed by atoms with Gasteiger partial charge in [-0.2, -0.15) is 0 Å². The molecular weight excluding hydrogens is 914 g/mol. The number of hydrogen-bond acceptors (Lipinski definition) is 6. The van der Waals surface area contributed by atoms with Gasteiger partial charge in [-0.05, 0) is 110 Å². The number of aromatic nitrogens is 2. The van der Waals surface area contributed by atoms with E-state index in [4.69, 9.17) is 23.2 Å². The molecule has 2 aromatic heterocycles. The maximum Gasteiger partial charge on any atom is 0.294 e. The third kappa shape index (κ3) is 10.8. The third-order valence-corrected chi connectivity index (χ3v) is 13.6. The van der Waals surface area contributed by atoms with Crippen molar-refractivity contribution < 1.29 is 37.5 Å². The van der Waals surface area contributed by atoms with Crippen molar-refractivity contribution in [1.29, 1.82) is 0 Å². The molecule has 4 amide bonds. The van der Waals surface area contributed by atoms with Crippen LogP contribution in [0.5, 0.6) is 0 Å². The number of amides is 4. The summed E-state index contributed by atoms with van der Waals surface area (Å²) < 4.78 is 29.8. The molecule has 0 unspecified atom stereocenters. The van der Waals surface area contributed by atoms with E-state index in [1.807, 2.05) is 24.3 Å². The summed E-state index contributed by atoms with van der Waals surface area (Å²) >= 11 is 13.0. The molecule has 0 spiro atoms. The third-order valence-electron chi connectivity index (χ3n) is 13.0. The minimum atomic E-state index is -0.627. The number of likely N-dealkylation sites (N-methyl/N-ethyl adjacent to an activating group) is 2. The van der Waals surface area contributed by atoms with Crippen molar-refractivity contribution in [2.24, 2.45) is 25.9 Å². The first-order valence-corrected chi connectivity index (χ1v) is 23.2. The lowest BCUT2D eigenvalue weighted by atomic mass is 9.90. The second-order valence-electron chi connectivity index (χ2n) is 18.2. The maximum absolute atomic E-state index is 13.3. The summed E-state index contributed by atoms with van der Waals surface area (Å²) in [6.07, 6.45) is 8.27. The van der Waals surface area contributed by atoms with E-state index in [9.17, 15) is 37.5 Å². The van der Waals surface area contributed by atoms with Gasteiger partial charge < -0.3 is 28.7 Å². The zero-order valence-corrected chi connectivity index (χ0v) is 40.5. The van der Waals surface area contributed by atoms with Gasteiger partial charge in [-0.3, -0.25) is 28.8 Å². The van der Waals surface area contributed by atoms with Crippen molar-refractivity contribution in [2.45, 2.75) is 38.5 Å². The molecule has 16 heteroatoms. The van der Waals surface area contributed by atoms with Gasteiger partial charge in [0.25, 0.3) is 35.2 Å². The van der Waals surface area contributed by atoms with Crippen molar-refractivity contribution in [1.82, 2.24) is 28.7 Å². The predicted molar refractivity (Wildman–Crippen MR) is 259 cm³/mol. The number of ketones is 2. The van der Waals surface area contributed by atoms with Crippen molar-refractivity contribution in [2.75, 3.05) is 54.4 Å². The number of carbonyl (C=O) groups excluding carboxylic acids is 6. The Labute approximate surface area is 404 Å². The molecule has 2 fully saturated rings. The number of hydrogen-bond donors (Lipinski definition) is 0. The molecule has 0 aliphatic carbocycles. The van der Waals surface area contributed by atoms with E-state index in [-0.39, 0.29) is 34.6 Å². The number of Topliss-reactive ketones (excluding diaryl/α,β-unsaturated/α-hetero) is 2. The highest BCUT2D eigenvalue weighted by molar-refractivity contribution is 6.46. The van der Waals surface area contributed by atoms with Gasteiger partial charge in [0.2, 0.25) is 0 Å². The fourth-order valence-electron chi connectivity index (χ4n) is 9.06. The smallest absolute Gasteiger partial charge is 0.294 e. The molecule has 0 bridgehead atoms. The summed E-state index contributed by atoms with van der Waals surface area (Å²) in [6, 6.07) is 19.7. The van der Waals surface area contributed by atoms with Gasteiger partial charge in [0.15, 0.2) is 0 Å². The second-order valence-corrected chi connectivity index (χ2v) is 19.0. The predicted octanol–water partition coefficient (Wildman–Crippen LogP) is 8.67. The molecular formula is C52H54Cl2F2N6O6. The van der Waals surface area contributed by atoms with Crippen LogP contribution in [0.15, 0.2) is 85.2 Å². The second kappa shape index (κ2) is 20.9. The van der Waals surface area contributed by atoms with Gasteiger partial charge in [-0.15, -0.1) is 0 Å². The van der Waals surface area contributed by atoms with E-state index in [0.29, 0.717) is 81.0 Å². The highest BCUT2D eigenvalue weighted by Gasteiger charge is 2.30. The minimum absolute atomic E-state index is 0.187. The summed E-state index contributed by atoms with van der Waals surface area (Å²) in [5.41, 5.74) is 4.68. The molecule has 0 saturated carbocycles. The average molecular weight is 968 g/mol. The first-order chi connectivity index (χ1) is 32.3. The first-order valence-electron chi connectivity index (χ1n) is 22.5. The quantitative estimate of drug-likeness (QED) is 0.100. The van der Waals surface area contributed by atoms with Crippen molar-refractivity contribution in [3.63, 3.8) is 0 Å². The fraction of sp³-hybridized carbons (Fsp3) is 0.346. The minimum Gasteiger partial charge on any atom is -0.350 e. The number of likely N-dealkylation sites (tertiary alicyclic amines) is 2. The number of fused-ring (bicyclic) bond motifs is 2. The molecule has 2 aliphatic heterocycles. The molecule has 68 heavy (non-hydrogen) atoms. The van der Waals surface area contributed by atoms with E-state index in [1.54, 1.807) is 69.7 Å². The van der Waals surface area contributed by atoms with Crippen LogP contribution in [-0.4, -0.2) is 118 Å². The summed E-state index contributed by atoms with van der Waals surface area (Å²) in [4.78, 5) is 82.7. The van der Waals surface area contributed by atoms with Crippen LogP contribution in [0.4, 0.5) is 8.78 Å². The van der Waals surface area contributed by atoms with Gasteiger partial charge in [0.05, 0.1) is 43.3 Å². The highest BCUT2D eigenvalue weighted by atomic mass is 35.5. The lowest BCUT2D eigenvalue weighted by Crippen LogP contribution is -2.39. The molecule has 0 N–H and O–H groups in total. The lowest BCUT2D eigenvalue weighted by molar-refractivity contribution is -0.124. The zero-order chi connectivity index (χ0) is 49.1. The number of aryl methyl sites for hydroxylation is 2. The molecule has 0 atom stereocenters. The Balaban J connectivity index is 0.000000201. The van der Waals surface area contributed by atoms with Crippen LogP contribution in [0.2, 0.25) is 10.0 Å². The van der Waals surface area contributed by atoms with Crippen LogP contribution in [0, 0.1) is 23.5 Å². The van der Waals surface area contributed by atoms with Crippen molar-refractivity contribution in [3.8, 4) is 0 Å². The van der Waals surface area contributed by atoms with Crippen LogP contribution < -0.4 is 0 Å². The Morgan fingerprint density at radius 3 is 1.16 bits per heavy atom. The molecule has 8 rings (SSSR count). The standard InChI is InChI=1S/2C26H27ClFN3O3/c2*1-29(2)26(34)24(32)21-15-30(3)23-14-22(27)20(13-19(21)23)25(33)31-10-8-17(9-11-31)12-16-4-6-18(28)7-5-16/h2*4-7,13-15,17H,8-12H2,1-3H3. The van der Waals surface area contributed by atoms with Crippen LogP contribution >= 0.6 is 23.2 Å². The van der Waals surface area contributed by atoms with Gasteiger partial charge in [0, 0.05) is 91.6 Å². The number of halogens is 4. The topological polar surface area (TPSA) is 125 Å². The molecule has 4 heterocycles. The van der Waals surface area contributed by atoms with Gasteiger partial charge in [-0.1, -0.05) is 47.5 Å². The molecule has 2 saturated heterocycles.